The van der Waals surface area contributed by atoms with Crippen molar-refractivity contribution in [3.63, 3.8) is 0 Å². The lowest BCUT2D eigenvalue weighted by atomic mass is 10.0. The zero-order valence-electron chi connectivity index (χ0n) is 12.5. The zero-order valence-corrected chi connectivity index (χ0v) is 12.5. The molecular weight excluding hydrogens is 288 g/mol. The molecule has 0 unspecified atom stereocenters. The summed E-state index contributed by atoms with van der Waals surface area (Å²) in [4.78, 5) is 26.7. The van der Waals surface area contributed by atoms with E-state index in [0.29, 0.717) is 0 Å². The standard InChI is InChI=1S/C18H14N4O/c1-11-13(4-2-6-19-11)16-8-12(9-17(23)22-16)15-10-21-18-14(15)5-3-7-20-18/h2-10H,1H3,(H,20,21)(H,22,23). The normalized spacial score (nSPS) is 11.0. The van der Waals surface area contributed by atoms with E-state index >= 15 is 0 Å². The average molecular weight is 302 g/mol. The molecule has 2 N–H and O–H groups in total. The minimum atomic E-state index is -0.140. The molecule has 0 radical (unpaired) electrons. The lowest BCUT2D eigenvalue weighted by Crippen LogP contribution is -2.06. The van der Waals surface area contributed by atoms with Crippen molar-refractivity contribution in [3.8, 4) is 22.4 Å². The van der Waals surface area contributed by atoms with E-state index in [1.54, 1.807) is 18.5 Å². The average Bonchev–Trinajstić information content (AvgIpc) is 2.99. The van der Waals surface area contributed by atoms with Crippen molar-refractivity contribution in [1.82, 2.24) is 19.9 Å². The number of hydrogen-bond donors (Lipinski definition) is 2. The highest BCUT2D eigenvalue weighted by molar-refractivity contribution is 5.94. The van der Waals surface area contributed by atoms with E-state index < -0.39 is 0 Å². The molecule has 0 saturated carbocycles. The van der Waals surface area contributed by atoms with E-state index in [-0.39, 0.29) is 5.56 Å². The molecule has 0 aliphatic carbocycles. The predicted molar refractivity (Wildman–Crippen MR) is 90.1 cm³/mol. The number of H-pyrrole nitrogens is 2. The molecule has 4 heterocycles. The molecule has 0 fully saturated rings. The topological polar surface area (TPSA) is 74.4 Å². The maximum atomic E-state index is 12.1. The van der Waals surface area contributed by atoms with Gasteiger partial charge in [-0.1, -0.05) is 0 Å². The van der Waals surface area contributed by atoms with Crippen LogP contribution in [0.2, 0.25) is 0 Å². The summed E-state index contributed by atoms with van der Waals surface area (Å²) in [5.41, 5.74) is 5.04. The van der Waals surface area contributed by atoms with Gasteiger partial charge < -0.3 is 9.97 Å². The van der Waals surface area contributed by atoms with Crippen molar-refractivity contribution in [2.45, 2.75) is 6.92 Å². The fourth-order valence-corrected chi connectivity index (χ4v) is 2.81. The monoisotopic (exact) mass is 302 g/mol. The molecule has 0 amide bonds. The van der Waals surface area contributed by atoms with Crippen LogP contribution in [0.15, 0.2) is 59.8 Å². The van der Waals surface area contributed by atoms with Gasteiger partial charge in [0.2, 0.25) is 5.56 Å². The van der Waals surface area contributed by atoms with Crippen molar-refractivity contribution in [2.24, 2.45) is 0 Å². The second-order valence-corrected chi connectivity index (χ2v) is 5.39. The highest BCUT2D eigenvalue weighted by Crippen LogP contribution is 2.29. The second-order valence-electron chi connectivity index (χ2n) is 5.39. The fraction of sp³-hybridized carbons (Fsp3) is 0.0556. The fourth-order valence-electron chi connectivity index (χ4n) is 2.81. The highest BCUT2D eigenvalue weighted by Gasteiger charge is 2.10. The molecule has 112 valence electrons. The second kappa shape index (κ2) is 5.21. The molecule has 0 saturated heterocycles. The number of aromatic nitrogens is 4. The Balaban J connectivity index is 1.94. The van der Waals surface area contributed by atoms with Gasteiger partial charge in [0, 0.05) is 46.9 Å². The molecule has 0 bridgehead atoms. The van der Waals surface area contributed by atoms with Crippen LogP contribution in [0.1, 0.15) is 5.69 Å². The maximum Gasteiger partial charge on any atom is 0.249 e. The third-order valence-electron chi connectivity index (χ3n) is 3.90. The number of hydrogen-bond acceptors (Lipinski definition) is 3. The molecule has 0 aliphatic rings. The molecule has 0 atom stereocenters. The molecule has 0 aliphatic heterocycles. The van der Waals surface area contributed by atoms with E-state index in [0.717, 1.165) is 39.1 Å². The Kier molecular flexibility index (Phi) is 3.05. The quantitative estimate of drug-likeness (QED) is 0.596. The number of aryl methyl sites for hydroxylation is 1. The first-order valence-electron chi connectivity index (χ1n) is 7.31. The van der Waals surface area contributed by atoms with Crippen LogP contribution in [0.4, 0.5) is 0 Å². The van der Waals surface area contributed by atoms with Crippen molar-refractivity contribution < 1.29 is 0 Å². The number of fused-ring (bicyclic) bond motifs is 1. The minimum absolute atomic E-state index is 0.140. The van der Waals surface area contributed by atoms with E-state index in [4.69, 9.17) is 0 Å². The summed E-state index contributed by atoms with van der Waals surface area (Å²) in [6.07, 6.45) is 5.36. The van der Waals surface area contributed by atoms with E-state index in [9.17, 15) is 4.79 Å². The van der Waals surface area contributed by atoms with Crippen LogP contribution in [0.25, 0.3) is 33.4 Å². The van der Waals surface area contributed by atoms with Gasteiger partial charge in [0.15, 0.2) is 0 Å². The van der Waals surface area contributed by atoms with Gasteiger partial charge in [0.05, 0.1) is 5.69 Å². The summed E-state index contributed by atoms with van der Waals surface area (Å²) in [5, 5.41) is 0.993. The SMILES string of the molecule is Cc1ncccc1-c1cc(-c2c[nH]c3ncccc23)cc(=O)[nH]1. The predicted octanol–water partition coefficient (Wildman–Crippen LogP) is 3.29. The number of nitrogens with one attached hydrogen (secondary N) is 2. The van der Waals surface area contributed by atoms with Gasteiger partial charge >= 0.3 is 0 Å². The highest BCUT2D eigenvalue weighted by atomic mass is 16.1. The Morgan fingerprint density at radius 2 is 1.83 bits per heavy atom. The van der Waals surface area contributed by atoms with E-state index in [1.807, 2.05) is 43.5 Å². The van der Waals surface area contributed by atoms with Crippen LogP contribution < -0.4 is 5.56 Å². The van der Waals surface area contributed by atoms with E-state index in [2.05, 4.69) is 19.9 Å². The number of pyridine rings is 3. The van der Waals surface area contributed by atoms with Crippen LogP contribution in [0.5, 0.6) is 0 Å². The first kappa shape index (κ1) is 13.5. The van der Waals surface area contributed by atoms with Crippen molar-refractivity contribution in [3.05, 3.63) is 71.0 Å². The molecule has 0 aromatic carbocycles. The molecule has 4 rings (SSSR count). The molecule has 4 aromatic heterocycles. The molecule has 0 spiro atoms. The largest absolute Gasteiger partial charge is 0.346 e. The Labute approximate surface area is 132 Å². The van der Waals surface area contributed by atoms with Gasteiger partial charge in [-0.05, 0) is 42.8 Å². The Hall–Kier alpha value is -3.21. The minimum Gasteiger partial charge on any atom is -0.346 e. The summed E-state index contributed by atoms with van der Waals surface area (Å²) in [6, 6.07) is 11.3. The first-order chi connectivity index (χ1) is 11.2. The third-order valence-corrected chi connectivity index (χ3v) is 3.90. The van der Waals surface area contributed by atoms with Crippen molar-refractivity contribution in [2.75, 3.05) is 0 Å². The molecular formula is C18H14N4O. The molecule has 5 heteroatoms. The Morgan fingerprint density at radius 3 is 2.70 bits per heavy atom. The van der Waals surface area contributed by atoms with Gasteiger partial charge in [-0.25, -0.2) is 4.98 Å². The van der Waals surface area contributed by atoms with E-state index in [1.165, 1.54) is 0 Å². The van der Waals surface area contributed by atoms with Crippen LogP contribution in [-0.2, 0) is 0 Å². The van der Waals surface area contributed by atoms with Crippen molar-refractivity contribution >= 4 is 11.0 Å². The molecule has 23 heavy (non-hydrogen) atoms. The van der Waals surface area contributed by atoms with Crippen LogP contribution >= 0.6 is 0 Å². The first-order valence-corrected chi connectivity index (χ1v) is 7.31. The Morgan fingerprint density at radius 1 is 1.00 bits per heavy atom. The van der Waals surface area contributed by atoms with Crippen LogP contribution in [-0.4, -0.2) is 19.9 Å². The lowest BCUT2D eigenvalue weighted by molar-refractivity contribution is 1.17. The molecule has 5 nitrogen and oxygen atoms in total. The van der Waals surface area contributed by atoms with Crippen molar-refractivity contribution in [1.29, 1.82) is 0 Å². The summed E-state index contributed by atoms with van der Waals surface area (Å²) in [7, 11) is 0. The third kappa shape index (κ3) is 2.32. The van der Waals surface area contributed by atoms with Gasteiger partial charge in [0.25, 0.3) is 0 Å². The summed E-state index contributed by atoms with van der Waals surface area (Å²) in [5.74, 6) is 0. The number of nitrogens with zero attached hydrogens (tertiary/aromatic N) is 2. The lowest BCUT2D eigenvalue weighted by Gasteiger charge is -2.07. The zero-order chi connectivity index (χ0) is 15.8. The van der Waals surface area contributed by atoms with Gasteiger partial charge in [-0.15, -0.1) is 0 Å². The summed E-state index contributed by atoms with van der Waals surface area (Å²) < 4.78 is 0. The maximum absolute atomic E-state index is 12.1. The van der Waals surface area contributed by atoms with Crippen LogP contribution in [0.3, 0.4) is 0 Å². The van der Waals surface area contributed by atoms with Crippen LogP contribution in [0, 0.1) is 6.92 Å². The number of rotatable bonds is 2. The van der Waals surface area contributed by atoms with Gasteiger partial charge in [-0.2, -0.15) is 0 Å². The summed E-state index contributed by atoms with van der Waals surface area (Å²) >= 11 is 0. The number of aromatic amines is 2. The van der Waals surface area contributed by atoms with Gasteiger partial charge in [0.1, 0.15) is 5.65 Å². The van der Waals surface area contributed by atoms with Gasteiger partial charge in [-0.3, -0.25) is 9.78 Å². The summed E-state index contributed by atoms with van der Waals surface area (Å²) in [6.45, 7) is 1.93. The Bertz CT molecular complexity index is 1060. The smallest absolute Gasteiger partial charge is 0.249 e. The molecule has 4 aromatic rings.